The number of halogens is 3. The predicted octanol–water partition coefficient (Wildman–Crippen LogP) is 5.30. The van der Waals surface area contributed by atoms with Gasteiger partial charge >= 0.3 is 6.18 Å². The van der Waals surface area contributed by atoms with Crippen LogP contribution in [0.2, 0.25) is 0 Å². The van der Waals surface area contributed by atoms with E-state index in [0.29, 0.717) is 11.3 Å². The van der Waals surface area contributed by atoms with E-state index >= 15 is 0 Å². The summed E-state index contributed by atoms with van der Waals surface area (Å²) >= 11 is 0. The van der Waals surface area contributed by atoms with Gasteiger partial charge in [0, 0.05) is 5.71 Å². The molecule has 0 saturated heterocycles. The van der Waals surface area contributed by atoms with E-state index in [0.717, 1.165) is 37.1 Å². The topological polar surface area (TPSA) is 12.4 Å². The number of benzene rings is 1. The highest BCUT2D eigenvalue weighted by Gasteiger charge is 2.30. The van der Waals surface area contributed by atoms with Crippen LogP contribution < -0.4 is 0 Å². The van der Waals surface area contributed by atoms with Crippen LogP contribution in [-0.4, -0.2) is 5.71 Å². The maximum Gasteiger partial charge on any atom is 0.416 e. The normalized spacial score (nSPS) is 12.9. The Labute approximate surface area is 106 Å². The number of nitrogens with zero attached hydrogens (tertiary/aromatic N) is 1. The molecule has 0 amide bonds. The lowest BCUT2D eigenvalue weighted by Crippen LogP contribution is -2.04. The molecule has 0 aromatic heterocycles. The first kappa shape index (κ1) is 14.7. The first-order chi connectivity index (χ1) is 8.34. The molecule has 0 unspecified atom stereocenters. The zero-order valence-corrected chi connectivity index (χ0v) is 10.9. The molecule has 1 nitrogen and oxygen atoms in total. The molecule has 4 heteroatoms. The van der Waals surface area contributed by atoms with Gasteiger partial charge < -0.3 is 0 Å². The van der Waals surface area contributed by atoms with Crippen LogP contribution in [0, 0.1) is 6.92 Å². The summed E-state index contributed by atoms with van der Waals surface area (Å²) in [6.45, 7) is 5.66. The van der Waals surface area contributed by atoms with E-state index < -0.39 is 11.7 Å². The number of unbranched alkanes of at least 4 members (excludes halogenated alkanes) is 1. The average molecular weight is 257 g/mol. The van der Waals surface area contributed by atoms with Crippen molar-refractivity contribution in [1.29, 1.82) is 0 Å². The summed E-state index contributed by atoms with van der Waals surface area (Å²) in [6.07, 6.45) is -1.27. The van der Waals surface area contributed by atoms with Crippen molar-refractivity contribution in [3.8, 4) is 0 Å². The summed E-state index contributed by atoms with van der Waals surface area (Å²) < 4.78 is 37.5. The lowest BCUT2D eigenvalue weighted by atomic mass is 10.1. The fourth-order valence-electron chi connectivity index (χ4n) is 1.65. The number of aryl methyl sites for hydroxylation is 1. The first-order valence-corrected chi connectivity index (χ1v) is 6.06. The molecule has 0 atom stereocenters. The highest BCUT2D eigenvalue weighted by molar-refractivity contribution is 5.84. The first-order valence-electron chi connectivity index (χ1n) is 6.06. The Morgan fingerprint density at radius 3 is 2.44 bits per heavy atom. The molecule has 0 spiro atoms. The van der Waals surface area contributed by atoms with Gasteiger partial charge in [0.25, 0.3) is 0 Å². The summed E-state index contributed by atoms with van der Waals surface area (Å²) in [5, 5.41) is 0. The maximum atomic E-state index is 12.5. The van der Waals surface area contributed by atoms with Crippen molar-refractivity contribution < 1.29 is 13.2 Å². The van der Waals surface area contributed by atoms with Gasteiger partial charge in [-0.25, -0.2) is 0 Å². The van der Waals surface area contributed by atoms with Crippen LogP contribution in [0.25, 0.3) is 0 Å². The van der Waals surface area contributed by atoms with Gasteiger partial charge in [0.2, 0.25) is 0 Å². The second kappa shape index (κ2) is 6.03. The van der Waals surface area contributed by atoms with Crippen LogP contribution in [0.1, 0.15) is 44.2 Å². The minimum Gasteiger partial charge on any atom is -0.258 e. The molecule has 0 bridgehead atoms. The van der Waals surface area contributed by atoms with Gasteiger partial charge in [-0.05, 0) is 50.5 Å². The summed E-state index contributed by atoms with van der Waals surface area (Å²) in [6, 6.07) is 3.67. The third kappa shape index (κ3) is 4.17. The monoisotopic (exact) mass is 257 g/mol. The zero-order valence-electron chi connectivity index (χ0n) is 10.9. The van der Waals surface area contributed by atoms with Gasteiger partial charge in [0.15, 0.2) is 0 Å². The van der Waals surface area contributed by atoms with Crippen LogP contribution >= 0.6 is 0 Å². The van der Waals surface area contributed by atoms with Gasteiger partial charge in [-0.1, -0.05) is 13.3 Å². The Hall–Kier alpha value is -1.32. The summed E-state index contributed by atoms with van der Waals surface area (Å²) in [5.74, 6) is 0. The van der Waals surface area contributed by atoms with E-state index in [4.69, 9.17) is 0 Å². The van der Waals surface area contributed by atoms with Crippen molar-refractivity contribution in [3.63, 3.8) is 0 Å². The third-order valence-electron chi connectivity index (χ3n) is 2.73. The Morgan fingerprint density at radius 1 is 1.28 bits per heavy atom. The molecular weight excluding hydrogens is 239 g/mol. The molecule has 0 fully saturated rings. The van der Waals surface area contributed by atoms with Crippen molar-refractivity contribution in [2.45, 2.75) is 46.2 Å². The van der Waals surface area contributed by atoms with Gasteiger partial charge in [-0.3, -0.25) is 4.99 Å². The molecule has 0 aliphatic heterocycles. The molecule has 1 aromatic carbocycles. The summed E-state index contributed by atoms with van der Waals surface area (Å²) in [5.41, 5.74) is 1.52. The van der Waals surface area contributed by atoms with E-state index in [1.807, 2.05) is 6.92 Å². The number of alkyl halides is 3. The van der Waals surface area contributed by atoms with E-state index in [9.17, 15) is 13.2 Å². The fraction of sp³-hybridized carbons (Fsp3) is 0.500. The van der Waals surface area contributed by atoms with Crippen molar-refractivity contribution in [2.75, 3.05) is 0 Å². The number of hydrogen-bond acceptors (Lipinski definition) is 1. The van der Waals surface area contributed by atoms with Gasteiger partial charge in [0.1, 0.15) is 0 Å². The molecule has 1 rings (SSSR count). The highest BCUT2D eigenvalue weighted by atomic mass is 19.4. The van der Waals surface area contributed by atoms with Crippen molar-refractivity contribution in [1.82, 2.24) is 0 Å². The second-order valence-electron chi connectivity index (χ2n) is 4.45. The van der Waals surface area contributed by atoms with Gasteiger partial charge in [-0.2, -0.15) is 13.2 Å². The molecule has 0 saturated carbocycles. The third-order valence-corrected chi connectivity index (χ3v) is 2.73. The van der Waals surface area contributed by atoms with Gasteiger partial charge in [0.05, 0.1) is 11.3 Å². The minimum atomic E-state index is -4.29. The lowest BCUT2D eigenvalue weighted by molar-refractivity contribution is -0.137. The van der Waals surface area contributed by atoms with Crippen LogP contribution in [0.5, 0.6) is 0 Å². The molecule has 0 aliphatic carbocycles. The molecule has 1 aromatic rings. The maximum absolute atomic E-state index is 12.5. The quantitative estimate of drug-likeness (QED) is 0.649. The molecule has 100 valence electrons. The Kier molecular flexibility index (Phi) is 4.93. The number of hydrogen-bond donors (Lipinski definition) is 0. The SMILES string of the molecule is CCCCC(C)=Nc1ccc(C(F)(F)F)cc1C. The van der Waals surface area contributed by atoms with Crippen LogP contribution in [0.4, 0.5) is 18.9 Å². The molecule has 0 aliphatic rings. The minimum absolute atomic E-state index is 0.556. The van der Waals surface area contributed by atoms with Crippen LogP contribution in [-0.2, 0) is 6.18 Å². The highest BCUT2D eigenvalue weighted by Crippen LogP contribution is 2.32. The van der Waals surface area contributed by atoms with Crippen molar-refractivity contribution in [2.24, 2.45) is 4.99 Å². The standard InChI is InChI=1S/C14H18F3N/c1-4-5-6-11(3)18-13-8-7-12(9-10(13)2)14(15,16)17/h7-9H,4-6H2,1-3H3. The predicted molar refractivity (Wildman–Crippen MR) is 68.5 cm³/mol. The average Bonchev–Trinajstić information content (AvgIpc) is 2.27. The Balaban J connectivity index is 2.93. The molecule has 0 N–H and O–H groups in total. The van der Waals surface area contributed by atoms with Crippen molar-refractivity contribution >= 4 is 11.4 Å². The van der Waals surface area contributed by atoms with Crippen LogP contribution in [0.3, 0.4) is 0 Å². The second-order valence-corrected chi connectivity index (χ2v) is 4.45. The number of rotatable bonds is 4. The largest absolute Gasteiger partial charge is 0.416 e. The number of aliphatic imine (C=N–C) groups is 1. The molecule has 18 heavy (non-hydrogen) atoms. The lowest BCUT2D eigenvalue weighted by Gasteiger charge is -2.09. The van der Waals surface area contributed by atoms with Gasteiger partial charge in [-0.15, -0.1) is 0 Å². The van der Waals surface area contributed by atoms with E-state index in [2.05, 4.69) is 11.9 Å². The Bertz CT molecular complexity index is 433. The van der Waals surface area contributed by atoms with Crippen molar-refractivity contribution in [3.05, 3.63) is 29.3 Å². The van der Waals surface area contributed by atoms with E-state index in [1.54, 1.807) is 6.92 Å². The summed E-state index contributed by atoms with van der Waals surface area (Å²) in [7, 11) is 0. The summed E-state index contributed by atoms with van der Waals surface area (Å²) in [4.78, 5) is 4.37. The molecular formula is C14H18F3N. The van der Waals surface area contributed by atoms with E-state index in [-0.39, 0.29) is 0 Å². The van der Waals surface area contributed by atoms with E-state index in [1.165, 1.54) is 6.07 Å². The smallest absolute Gasteiger partial charge is 0.258 e. The fourth-order valence-corrected chi connectivity index (χ4v) is 1.65. The molecule has 0 radical (unpaired) electrons. The zero-order chi connectivity index (χ0) is 13.8. The van der Waals surface area contributed by atoms with Crippen LogP contribution in [0.15, 0.2) is 23.2 Å². The Morgan fingerprint density at radius 2 is 1.94 bits per heavy atom. The molecule has 0 heterocycles.